The molecule has 0 N–H and O–H groups in total. The van der Waals surface area contributed by atoms with Gasteiger partial charge in [-0.3, -0.25) is 0 Å². The van der Waals surface area contributed by atoms with Gasteiger partial charge in [0.1, 0.15) is 18.1 Å². The summed E-state index contributed by atoms with van der Waals surface area (Å²) in [5.41, 5.74) is 4.10. The number of carbonyl (C=O) groups excluding carboxylic acids is 1. The SMILES string of the molecule is C=CCOc1ccc(OC(=O)c2ccc(-c3ccc(CCC(C)CC)cc3)cc2)cc1. The minimum atomic E-state index is -0.383. The Morgan fingerprint density at radius 2 is 1.48 bits per heavy atom. The molecule has 0 fully saturated rings. The van der Waals surface area contributed by atoms with E-state index < -0.39 is 0 Å². The van der Waals surface area contributed by atoms with Gasteiger partial charge in [0, 0.05) is 0 Å². The molecule has 1 atom stereocenters. The summed E-state index contributed by atoms with van der Waals surface area (Å²) in [6.07, 6.45) is 5.24. The van der Waals surface area contributed by atoms with Crippen LogP contribution in [0.1, 0.15) is 42.6 Å². The Kier molecular flexibility index (Phi) is 8.05. The Balaban J connectivity index is 1.59. The third-order valence-corrected chi connectivity index (χ3v) is 5.43. The first-order valence-corrected chi connectivity index (χ1v) is 10.8. The van der Waals surface area contributed by atoms with Crippen molar-refractivity contribution in [3.63, 3.8) is 0 Å². The van der Waals surface area contributed by atoms with Gasteiger partial charge in [0.15, 0.2) is 0 Å². The first kappa shape index (κ1) is 22.4. The Morgan fingerprint density at radius 1 is 0.903 bits per heavy atom. The molecule has 31 heavy (non-hydrogen) atoms. The number of benzene rings is 3. The highest BCUT2D eigenvalue weighted by Crippen LogP contribution is 2.23. The molecule has 0 heterocycles. The van der Waals surface area contributed by atoms with Crippen LogP contribution in [0.5, 0.6) is 11.5 Å². The van der Waals surface area contributed by atoms with Crippen LogP contribution in [0.25, 0.3) is 11.1 Å². The van der Waals surface area contributed by atoms with E-state index in [-0.39, 0.29) is 5.97 Å². The first-order chi connectivity index (χ1) is 15.1. The van der Waals surface area contributed by atoms with Gasteiger partial charge in [0.05, 0.1) is 5.56 Å². The van der Waals surface area contributed by atoms with Crippen molar-refractivity contribution in [2.24, 2.45) is 5.92 Å². The molecule has 3 rings (SSSR count). The smallest absolute Gasteiger partial charge is 0.343 e. The van der Waals surface area contributed by atoms with Crippen LogP contribution in [0.3, 0.4) is 0 Å². The Hall–Kier alpha value is -3.33. The summed E-state index contributed by atoms with van der Waals surface area (Å²) in [6.45, 7) is 8.59. The summed E-state index contributed by atoms with van der Waals surface area (Å²) < 4.78 is 10.9. The molecule has 0 spiro atoms. The van der Waals surface area contributed by atoms with Gasteiger partial charge in [-0.2, -0.15) is 0 Å². The minimum Gasteiger partial charge on any atom is -0.490 e. The summed E-state index contributed by atoms with van der Waals surface area (Å²) in [5, 5.41) is 0. The number of hydrogen-bond acceptors (Lipinski definition) is 3. The van der Waals surface area contributed by atoms with E-state index in [9.17, 15) is 4.79 Å². The van der Waals surface area contributed by atoms with Crippen LogP contribution >= 0.6 is 0 Å². The fourth-order valence-electron chi connectivity index (χ4n) is 3.20. The van der Waals surface area contributed by atoms with Crippen molar-refractivity contribution in [1.29, 1.82) is 0 Å². The van der Waals surface area contributed by atoms with E-state index in [0.717, 1.165) is 23.5 Å². The van der Waals surface area contributed by atoms with Gasteiger partial charge >= 0.3 is 5.97 Å². The zero-order valence-corrected chi connectivity index (χ0v) is 18.3. The number of esters is 1. The Morgan fingerprint density at radius 3 is 2.06 bits per heavy atom. The van der Waals surface area contributed by atoms with Crippen LogP contribution < -0.4 is 9.47 Å². The first-order valence-electron chi connectivity index (χ1n) is 10.8. The van der Waals surface area contributed by atoms with Crippen LogP contribution in [0.4, 0.5) is 0 Å². The lowest BCUT2D eigenvalue weighted by Gasteiger charge is -2.09. The fraction of sp³-hybridized carbons (Fsp3) is 0.250. The highest BCUT2D eigenvalue weighted by atomic mass is 16.5. The molecule has 3 heteroatoms. The number of carbonyl (C=O) groups is 1. The highest BCUT2D eigenvalue weighted by molar-refractivity contribution is 5.91. The molecule has 0 radical (unpaired) electrons. The Labute approximate surface area is 185 Å². The minimum absolute atomic E-state index is 0.383. The molecule has 0 aromatic heterocycles. The fourth-order valence-corrected chi connectivity index (χ4v) is 3.20. The van der Waals surface area contributed by atoms with E-state index in [1.165, 1.54) is 18.4 Å². The van der Waals surface area contributed by atoms with Gasteiger partial charge in [-0.05, 0) is 71.8 Å². The third kappa shape index (κ3) is 6.58. The lowest BCUT2D eigenvalue weighted by atomic mass is 9.97. The van der Waals surface area contributed by atoms with Crippen molar-refractivity contribution in [2.45, 2.75) is 33.1 Å². The zero-order chi connectivity index (χ0) is 22.1. The lowest BCUT2D eigenvalue weighted by molar-refractivity contribution is 0.0734. The monoisotopic (exact) mass is 414 g/mol. The normalized spacial score (nSPS) is 11.5. The van der Waals surface area contributed by atoms with Gasteiger partial charge in [-0.25, -0.2) is 4.79 Å². The van der Waals surface area contributed by atoms with E-state index in [2.05, 4.69) is 44.7 Å². The van der Waals surface area contributed by atoms with Crippen molar-refractivity contribution >= 4 is 5.97 Å². The summed E-state index contributed by atoms with van der Waals surface area (Å²) >= 11 is 0. The molecular formula is C28H30O3. The van der Waals surface area contributed by atoms with Crippen LogP contribution in [-0.2, 0) is 6.42 Å². The number of hydrogen-bond donors (Lipinski definition) is 0. The summed E-state index contributed by atoms with van der Waals surface area (Å²) in [7, 11) is 0. The Bertz CT molecular complexity index is 970. The van der Waals surface area contributed by atoms with E-state index >= 15 is 0 Å². The topological polar surface area (TPSA) is 35.5 Å². The largest absolute Gasteiger partial charge is 0.490 e. The number of aryl methyl sites for hydroxylation is 1. The number of ether oxygens (including phenoxy) is 2. The van der Waals surface area contributed by atoms with E-state index in [1.807, 2.05) is 12.1 Å². The molecule has 0 saturated heterocycles. The average molecular weight is 415 g/mol. The van der Waals surface area contributed by atoms with Crippen molar-refractivity contribution in [3.8, 4) is 22.6 Å². The summed E-state index contributed by atoms with van der Waals surface area (Å²) in [5.74, 6) is 1.56. The molecule has 0 saturated carbocycles. The second-order valence-corrected chi connectivity index (χ2v) is 7.79. The van der Waals surface area contributed by atoms with Crippen molar-refractivity contribution < 1.29 is 14.3 Å². The van der Waals surface area contributed by atoms with Crippen molar-refractivity contribution in [2.75, 3.05) is 6.61 Å². The van der Waals surface area contributed by atoms with Crippen molar-refractivity contribution in [1.82, 2.24) is 0 Å². The summed E-state index contributed by atoms with van der Waals surface area (Å²) in [4.78, 5) is 12.4. The molecule has 0 aliphatic heterocycles. The van der Waals surface area contributed by atoms with E-state index in [1.54, 1.807) is 42.5 Å². The maximum absolute atomic E-state index is 12.4. The highest BCUT2D eigenvalue weighted by Gasteiger charge is 2.09. The van der Waals surface area contributed by atoms with Gasteiger partial charge in [0.2, 0.25) is 0 Å². The van der Waals surface area contributed by atoms with Crippen LogP contribution in [0, 0.1) is 5.92 Å². The van der Waals surface area contributed by atoms with E-state index in [4.69, 9.17) is 9.47 Å². The van der Waals surface area contributed by atoms with E-state index in [0.29, 0.717) is 23.7 Å². The third-order valence-electron chi connectivity index (χ3n) is 5.43. The maximum Gasteiger partial charge on any atom is 0.343 e. The zero-order valence-electron chi connectivity index (χ0n) is 18.3. The van der Waals surface area contributed by atoms with Crippen LogP contribution in [0.15, 0.2) is 85.5 Å². The molecule has 1 unspecified atom stereocenters. The van der Waals surface area contributed by atoms with Crippen LogP contribution in [-0.4, -0.2) is 12.6 Å². The van der Waals surface area contributed by atoms with Gasteiger partial charge in [-0.1, -0.05) is 69.3 Å². The number of rotatable bonds is 10. The standard InChI is InChI=1S/C28H30O3/c1-4-20-30-26-16-18-27(19-17-26)31-28(29)25-14-12-24(13-15-25)23-10-8-22(9-11-23)7-6-21(3)5-2/h4,8-19,21H,1,5-7,20H2,2-3H3. The van der Waals surface area contributed by atoms with Gasteiger partial charge < -0.3 is 9.47 Å². The molecule has 0 amide bonds. The molecule has 0 aliphatic carbocycles. The lowest BCUT2D eigenvalue weighted by Crippen LogP contribution is -2.08. The van der Waals surface area contributed by atoms with Crippen molar-refractivity contribution in [3.05, 3.63) is 96.6 Å². The second-order valence-electron chi connectivity index (χ2n) is 7.79. The molecule has 160 valence electrons. The van der Waals surface area contributed by atoms with Crippen LogP contribution in [0.2, 0.25) is 0 Å². The average Bonchev–Trinajstić information content (AvgIpc) is 2.82. The van der Waals surface area contributed by atoms with Gasteiger partial charge in [-0.15, -0.1) is 0 Å². The predicted molar refractivity (Wildman–Crippen MR) is 127 cm³/mol. The van der Waals surface area contributed by atoms with Gasteiger partial charge in [0.25, 0.3) is 0 Å². The molecule has 3 aromatic carbocycles. The molecule has 3 aromatic rings. The predicted octanol–water partition coefficient (Wildman–Crippen LogP) is 7.12. The second kappa shape index (κ2) is 11.2. The molecular weight excluding hydrogens is 384 g/mol. The molecule has 0 bridgehead atoms. The quantitative estimate of drug-likeness (QED) is 0.201. The summed E-state index contributed by atoms with van der Waals surface area (Å²) in [6, 6.07) is 23.2. The molecule has 3 nitrogen and oxygen atoms in total. The molecule has 0 aliphatic rings. The maximum atomic E-state index is 12.4.